The van der Waals surface area contributed by atoms with Crippen molar-refractivity contribution in [1.82, 2.24) is 34.6 Å². The predicted molar refractivity (Wildman–Crippen MR) is 106 cm³/mol. The summed E-state index contributed by atoms with van der Waals surface area (Å²) in [5.41, 5.74) is 0.612. The summed E-state index contributed by atoms with van der Waals surface area (Å²) in [5.74, 6) is 0.902. The van der Waals surface area contributed by atoms with Crippen molar-refractivity contribution in [3.63, 3.8) is 0 Å². The average molecular weight is 413 g/mol. The number of carbonyl (C=O) groups is 2. The second kappa shape index (κ2) is 7.54. The zero-order chi connectivity index (χ0) is 20.5. The predicted octanol–water partition coefficient (Wildman–Crippen LogP) is 0.599. The molecule has 0 bridgehead atoms. The lowest BCUT2D eigenvalue weighted by atomic mass is 9.99. The topological polar surface area (TPSA) is 122 Å². The molecule has 1 aliphatic rings. The van der Waals surface area contributed by atoms with Crippen molar-refractivity contribution in [2.75, 3.05) is 37.4 Å². The van der Waals surface area contributed by atoms with Crippen molar-refractivity contribution in [2.24, 2.45) is 5.92 Å². The molecule has 1 aliphatic heterocycles. The van der Waals surface area contributed by atoms with E-state index in [1.165, 1.54) is 28.9 Å². The Morgan fingerprint density at radius 3 is 2.66 bits per heavy atom. The molecular weight excluding hydrogens is 394 g/mol. The van der Waals surface area contributed by atoms with Crippen LogP contribution in [-0.4, -0.2) is 73.6 Å². The van der Waals surface area contributed by atoms with Crippen LogP contribution in [0.25, 0.3) is 5.82 Å². The molecule has 0 unspecified atom stereocenters. The molecule has 0 aromatic carbocycles. The summed E-state index contributed by atoms with van der Waals surface area (Å²) in [6, 6.07) is 1.80. The van der Waals surface area contributed by atoms with Crippen molar-refractivity contribution in [1.29, 1.82) is 0 Å². The van der Waals surface area contributed by atoms with E-state index in [1.54, 1.807) is 38.1 Å². The summed E-state index contributed by atoms with van der Waals surface area (Å²) in [7, 11) is 3.37. The van der Waals surface area contributed by atoms with E-state index in [-0.39, 0.29) is 17.7 Å². The van der Waals surface area contributed by atoms with Crippen LogP contribution in [0.5, 0.6) is 0 Å². The van der Waals surface area contributed by atoms with Crippen LogP contribution in [0, 0.1) is 12.8 Å². The third kappa shape index (κ3) is 3.78. The summed E-state index contributed by atoms with van der Waals surface area (Å²) in [6.07, 6.45) is 4.45. The molecule has 4 rings (SSSR count). The summed E-state index contributed by atoms with van der Waals surface area (Å²) >= 11 is 1.19. The van der Waals surface area contributed by atoms with Crippen LogP contribution in [0.15, 0.2) is 25.0 Å². The quantitative estimate of drug-likeness (QED) is 0.645. The van der Waals surface area contributed by atoms with Gasteiger partial charge in [0.05, 0.1) is 11.6 Å². The van der Waals surface area contributed by atoms with E-state index in [0.29, 0.717) is 34.6 Å². The molecule has 1 fully saturated rings. The molecule has 3 aromatic heterocycles. The fourth-order valence-corrected chi connectivity index (χ4v) is 3.84. The Morgan fingerprint density at radius 1 is 1.21 bits per heavy atom. The second-order valence-electron chi connectivity index (χ2n) is 6.80. The zero-order valence-corrected chi connectivity index (χ0v) is 16.9. The van der Waals surface area contributed by atoms with Gasteiger partial charge in [-0.15, -0.1) is 0 Å². The van der Waals surface area contributed by atoms with E-state index in [9.17, 15) is 9.59 Å². The van der Waals surface area contributed by atoms with E-state index in [2.05, 4.69) is 30.4 Å². The van der Waals surface area contributed by atoms with Gasteiger partial charge in [0.2, 0.25) is 5.91 Å². The third-order valence-electron chi connectivity index (χ3n) is 4.50. The van der Waals surface area contributed by atoms with Gasteiger partial charge in [-0.3, -0.25) is 9.59 Å². The van der Waals surface area contributed by atoms with Gasteiger partial charge in [0.15, 0.2) is 10.9 Å². The van der Waals surface area contributed by atoms with E-state index in [4.69, 9.17) is 0 Å². The SMILES string of the molecule is Cc1nc(NC(=O)C2CN(c3cc(-n4cncn4)ncn3)C2)sc1C(=O)N(C)C. The lowest BCUT2D eigenvalue weighted by molar-refractivity contribution is -0.120. The highest BCUT2D eigenvalue weighted by Gasteiger charge is 2.34. The van der Waals surface area contributed by atoms with E-state index in [0.717, 1.165) is 5.82 Å². The van der Waals surface area contributed by atoms with Gasteiger partial charge >= 0.3 is 0 Å². The Morgan fingerprint density at radius 2 is 1.97 bits per heavy atom. The van der Waals surface area contributed by atoms with Gasteiger partial charge in [0.1, 0.15) is 29.7 Å². The zero-order valence-electron chi connectivity index (χ0n) is 16.1. The number of carbonyl (C=O) groups excluding carboxylic acids is 2. The number of hydrogen-bond donors (Lipinski definition) is 1. The van der Waals surface area contributed by atoms with Crippen molar-refractivity contribution in [2.45, 2.75) is 6.92 Å². The highest BCUT2D eigenvalue weighted by Crippen LogP contribution is 2.27. The molecule has 0 saturated carbocycles. The number of aryl methyl sites for hydroxylation is 1. The minimum atomic E-state index is -0.183. The van der Waals surface area contributed by atoms with Crippen molar-refractivity contribution < 1.29 is 9.59 Å². The van der Waals surface area contributed by atoms with Crippen LogP contribution in [-0.2, 0) is 4.79 Å². The molecule has 12 heteroatoms. The Balaban J connectivity index is 1.37. The highest BCUT2D eigenvalue weighted by atomic mass is 32.1. The Kier molecular flexibility index (Phi) is 4.92. The molecule has 29 heavy (non-hydrogen) atoms. The maximum Gasteiger partial charge on any atom is 0.265 e. The van der Waals surface area contributed by atoms with Crippen LogP contribution in [0.1, 0.15) is 15.4 Å². The van der Waals surface area contributed by atoms with Crippen molar-refractivity contribution >= 4 is 34.1 Å². The minimum Gasteiger partial charge on any atom is -0.355 e. The Hall–Kier alpha value is -3.41. The van der Waals surface area contributed by atoms with Gasteiger partial charge in [-0.25, -0.2) is 24.6 Å². The first-order valence-electron chi connectivity index (χ1n) is 8.84. The van der Waals surface area contributed by atoms with Gasteiger partial charge < -0.3 is 15.1 Å². The molecule has 2 amide bonds. The molecule has 0 radical (unpaired) electrons. The molecule has 3 aromatic rings. The second-order valence-corrected chi connectivity index (χ2v) is 7.80. The molecule has 4 heterocycles. The number of amides is 2. The summed E-state index contributed by atoms with van der Waals surface area (Å²) < 4.78 is 1.55. The third-order valence-corrected chi connectivity index (χ3v) is 5.56. The molecule has 1 saturated heterocycles. The van der Waals surface area contributed by atoms with E-state index < -0.39 is 0 Å². The van der Waals surface area contributed by atoms with Gasteiger partial charge in [0.25, 0.3) is 5.91 Å². The highest BCUT2D eigenvalue weighted by molar-refractivity contribution is 7.17. The van der Waals surface area contributed by atoms with E-state index in [1.807, 2.05) is 4.90 Å². The Labute approximate surface area is 170 Å². The smallest absolute Gasteiger partial charge is 0.265 e. The molecule has 1 N–H and O–H groups in total. The van der Waals surface area contributed by atoms with Crippen molar-refractivity contribution in [3.8, 4) is 5.82 Å². The normalized spacial score (nSPS) is 13.8. The minimum absolute atomic E-state index is 0.121. The monoisotopic (exact) mass is 413 g/mol. The lowest BCUT2D eigenvalue weighted by Gasteiger charge is -2.38. The largest absolute Gasteiger partial charge is 0.355 e. The van der Waals surface area contributed by atoms with Gasteiger partial charge in [0, 0.05) is 33.3 Å². The summed E-state index contributed by atoms with van der Waals surface area (Å²) in [5, 5.41) is 7.31. The van der Waals surface area contributed by atoms with Crippen LogP contribution in [0.2, 0.25) is 0 Å². The number of thiazole rings is 1. The average Bonchev–Trinajstić information content (AvgIpc) is 3.30. The van der Waals surface area contributed by atoms with Crippen LogP contribution in [0.3, 0.4) is 0 Å². The number of anilines is 2. The standard InChI is InChI=1S/C17H19N9O2S/c1-10-14(16(28)24(2)3)29-17(22-10)23-15(27)11-5-25(6-11)12-4-13(20-8-19-12)26-9-18-7-21-26/h4,7-9,11H,5-6H2,1-3H3,(H,22,23,27). The summed E-state index contributed by atoms with van der Waals surface area (Å²) in [4.78, 5) is 45.3. The maximum absolute atomic E-state index is 12.5. The fourth-order valence-electron chi connectivity index (χ4n) is 2.85. The lowest BCUT2D eigenvalue weighted by Crippen LogP contribution is -2.52. The van der Waals surface area contributed by atoms with Crippen molar-refractivity contribution in [3.05, 3.63) is 35.6 Å². The molecule has 11 nitrogen and oxygen atoms in total. The number of hydrogen-bond acceptors (Lipinski definition) is 9. The molecule has 150 valence electrons. The first-order valence-corrected chi connectivity index (χ1v) is 9.66. The number of rotatable bonds is 5. The molecular formula is C17H19N9O2S. The van der Waals surface area contributed by atoms with E-state index >= 15 is 0 Å². The van der Waals surface area contributed by atoms with Crippen LogP contribution in [0.4, 0.5) is 10.9 Å². The summed E-state index contributed by atoms with van der Waals surface area (Å²) in [6.45, 7) is 2.83. The number of nitrogens with one attached hydrogen (secondary N) is 1. The van der Waals surface area contributed by atoms with Gasteiger partial charge in [-0.2, -0.15) is 5.10 Å². The first kappa shape index (κ1) is 18.9. The Bertz CT molecular complexity index is 1040. The van der Waals surface area contributed by atoms with Crippen LogP contribution < -0.4 is 10.2 Å². The van der Waals surface area contributed by atoms with Crippen LogP contribution >= 0.6 is 11.3 Å². The molecule has 0 aliphatic carbocycles. The number of aromatic nitrogens is 6. The van der Waals surface area contributed by atoms with Gasteiger partial charge in [-0.05, 0) is 6.92 Å². The molecule has 0 spiro atoms. The maximum atomic E-state index is 12.5. The molecule has 0 atom stereocenters. The first-order chi connectivity index (χ1) is 13.9. The number of nitrogens with zero attached hydrogens (tertiary/aromatic N) is 8. The fraction of sp³-hybridized carbons (Fsp3) is 0.353. The van der Waals surface area contributed by atoms with Gasteiger partial charge in [-0.1, -0.05) is 11.3 Å².